The van der Waals surface area contributed by atoms with Crippen LogP contribution in [0.4, 0.5) is 0 Å². The van der Waals surface area contributed by atoms with Gasteiger partial charge in [-0.25, -0.2) is 8.42 Å². The minimum absolute atomic E-state index is 0.219. The van der Waals surface area contributed by atoms with E-state index in [4.69, 9.17) is 20.5 Å². The molecule has 0 saturated carbocycles. The van der Waals surface area contributed by atoms with Crippen LogP contribution in [0.1, 0.15) is 32.3 Å². The maximum absolute atomic E-state index is 13.1. The van der Waals surface area contributed by atoms with Crippen molar-refractivity contribution in [3.8, 4) is 23.0 Å². The highest BCUT2D eigenvalue weighted by molar-refractivity contribution is 7.89. The molecule has 2 aromatic heterocycles. The summed E-state index contributed by atoms with van der Waals surface area (Å²) in [7, 11) is -3.60. The largest absolute Gasteiger partial charge is 0.451 e. The summed E-state index contributed by atoms with van der Waals surface area (Å²) in [5, 5.41) is 5.29. The fraction of sp³-hybridized carbons (Fsp3) is 0.304. The van der Waals surface area contributed by atoms with Crippen LogP contribution in [0.25, 0.3) is 34.0 Å². The molecule has 0 unspecified atom stereocenters. The Hall–Kier alpha value is -2.68. The third kappa shape index (κ3) is 4.18. The van der Waals surface area contributed by atoms with Crippen molar-refractivity contribution in [2.45, 2.75) is 38.5 Å². The molecule has 7 nitrogen and oxygen atoms in total. The van der Waals surface area contributed by atoms with E-state index >= 15 is 0 Å². The number of sulfonamides is 1. The van der Waals surface area contributed by atoms with E-state index in [2.05, 4.69) is 10.1 Å². The molecule has 0 N–H and O–H groups in total. The number of unbranched alkanes of at least 4 members (excludes halogenated alkanes) is 1. The highest BCUT2D eigenvalue weighted by atomic mass is 35.5. The second-order valence-electron chi connectivity index (χ2n) is 7.50. The Morgan fingerprint density at radius 2 is 1.94 bits per heavy atom. The van der Waals surface area contributed by atoms with Crippen LogP contribution in [0.5, 0.6) is 0 Å². The predicted molar refractivity (Wildman–Crippen MR) is 124 cm³/mol. The summed E-state index contributed by atoms with van der Waals surface area (Å²) in [6.45, 7) is 6.65. The number of furan rings is 1. The molecule has 2 aromatic carbocycles. The summed E-state index contributed by atoms with van der Waals surface area (Å²) in [4.78, 5) is 4.68. The minimum atomic E-state index is -3.60. The summed E-state index contributed by atoms with van der Waals surface area (Å²) in [5.74, 6) is 1.02. The Morgan fingerprint density at radius 1 is 1.12 bits per heavy atom. The summed E-state index contributed by atoms with van der Waals surface area (Å²) in [6, 6.07) is 12.0. The van der Waals surface area contributed by atoms with Gasteiger partial charge in [0.25, 0.3) is 5.89 Å². The molecule has 0 radical (unpaired) electrons. The zero-order valence-electron chi connectivity index (χ0n) is 18.1. The molecule has 0 saturated heterocycles. The van der Waals surface area contributed by atoms with Gasteiger partial charge in [-0.3, -0.25) is 0 Å². The van der Waals surface area contributed by atoms with Crippen LogP contribution >= 0.6 is 11.6 Å². The lowest BCUT2D eigenvalue weighted by Gasteiger charge is -2.20. The van der Waals surface area contributed by atoms with Crippen LogP contribution in [0.2, 0.25) is 5.02 Å². The van der Waals surface area contributed by atoms with Gasteiger partial charge >= 0.3 is 0 Å². The van der Waals surface area contributed by atoms with E-state index in [1.165, 1.54) is 4.31 Å². The summed E-state index contributed by atoms with van der Waals surface area (Å²) in [5.41, 5.74) is 2.01. The Morgan fingerprint density at radius 3 is 2.66 bits per heavy atom. The monoisotopic (exact) mass is 473 g/mol. The zero-order valence-corrected chi connectivity index (χ0v) is 19.7. The fourth-order valence-electron chi connectivity index (χ4n) is 3.56. The number of halogens is 1. The van der Waals surface area contributed by atoms with E-state index in [-0.39, 0.29) is 10.8 Å². The van der Waals surface area contributed by atoms with Gasteiger partial charge in [-0.2, -0.15) is 9.29 Å². The van der Waals surface area contributed by atoms with Gasteiger partial charge in [0.2, 0.25) is 15.8 Å². The molecule has 0 spiro atoms. The van der Waals surface area contributed by atoms with E-state index in [9.17, 15) is 8.42 Å². The van der Waals surface area contributed by atoms with Crippen molar-refractivity contribution in [3.63, 3.8) is 0 Å². The molecule has 0 amide bonds. The molecule has 32 heavy (non-hydrogen) atoms. The smallest absolute Gasteiger partial charge is 0.294 e. The number of rotatable bonds is 8. The summed E-state index contributed by atoms with van der Waals surface area (Å²) in [6.07, 6.45) is 1.74. The number of fused-ring (bicyclic) bond motifs is 1. The number of aromatic nitrogens is 2. The van der Waals surface area contributed by atoms with Gasteiger partial charge in [0.1, 0.15) is 5.58 Å². The molecule has 0 aliphatic heterocycles. The second-order valence-corrected chi connectivity index (χ2v) is 9.87. The molecule has 4 aromatic rings. The summed E-state index contributed by atoms with van der Waals surface area (Å²) >= 11 is 6.05. The highest BCUT2D eigenvalue weighted by Crippen LogP contribution is 2.35. The lowest BCUT2D eigenvalue weighted by molar-refractivity contribution is 0.418. The average Bonchev–Trinajstić information content (AvgIpc) is 3.39. The van der Waals surface area contributed by atoms with Gasteiger partial charge in [0.15, 0.2) is 5.76 Å². The molecular weight excluding hydrogens is 450 g/mol. The standard InChI is InChI=1S/C23H24ClN3O4S/c1-4-6-12-27(5-2)32(28,29)18-10-11-20-19(14-18)15(3)21(30-20)23-25-22(26-31-23)16-8-7-9-17(24)13-16/h7-11,13-14H,4-6,12H2,1-3H3. The quantitative estimate of drug-likeness (QED) is 0.315. The van der Waals surface area contributed by atoms with Crippen molar-refractivity contribution in [1.29, 1.82) is 0 Å². The SMILES string of the molecule is CCCCN(CC)S(=O)(=O)c1ccc2oc(-c3nc(-c4cccc(Cl)c4)no3)c(C)c2c1. The molecule has 2 heterocycles. The topological polar surface area (TPSA) is 89.4 Å². The van der Waals surface area contributed by atoms with Crippen molar-refractivity contribution in [1.82, 2.24) is 14.4 Å². The third-order valence-corrected chi connectivity index (χ3v) is 7.57. The van der Waals surface area contributed by atoms with Gasteiger partial charge in [-0.05, 0) is 43.7 Å². The lowest BCUT2D eigenvalue weighted by atomic mass is 10.1. The molecule has 4 rings (SSSR count). The van der Waals surface area contributed by atoms with Crippen LogP contribution in [-0.2, 0) is 10.0 Å². The first-order valence-corrected chi connectivity index (χ1v) is 12.3. The van der Waals surface area contributed by atoms with E-state index in [0.29, 0.717) is 40.7 Å². The van der Waals surface area contributed by atoms with E-state index in [1.807, 2.05) is 32.9 Å². The van der Waals surface area contributed by atoms with Crippen molar-refractivity contribution in [3.05, 3.63) is 53.1 Å². The van der Waals surface area contributed by atoms with Gasteiger partial charge in [-0.1, -0.05) is 49.2 Å². The molecular formula is C23H24ClN3O4S. The number of benzene rings is 2. The zero-order chi connectivity index (χ0) is 22.9. The van der Waals surface area contributed by atoms with Gasteiger partial charge in [0.05, 0.1) is 4.90 Å². The molecule has 0 atom stereocenters. The molecule has 0 fully saturated rings. The maximum atomic E-state index is 13.1. The second kappa shape index (κ2) is 9.05. The van der Waals surface area contributed by atoms with Crippen LogP contribution in [0, 0.1) is 6.92 Å². The number of hydrogen-bond donors (Lipinski definition) is 0. The molecule has 0 aliphatic carbocycles. The molecule has 0 aliphatic rings. The average molecular weight is 474 g/mol. The number of aryl methyl sites for hydroxylation is 1. The normalized spacial score (nSPS) is 12.2. The molecule has 168 valence electrons. The van der Waals surface area contributed by atoms with Crippen molar-refractivity contribution in [2.24, 2.45) is 0 Å². The van der Waals surface area contributed by atoms with Crippen molar-refractivity contribution in [2.75, 3.05) is 13.1 Å². The first-order valence-electron chi connectivity index (χ1n) is 10.5. The number of nitrogens with zero attached hydrogens (tertiary/aromatic N) is 3. The first-order chi connectivity index (χ1) is 15.3. The van der Waals surface area contributed by atoms with Crippen molar-refractivity contribution >= 4 is 32.6 Å². The van der Waals surface area contributed by atoms with Crippen LogP contribution in [-0.4, -0.2) is 36.0 Å². The highest BCUT2D eigenvalue weighted by Gasteiger charge is 2.25. The lowest BCUT2D eigenvalue weighted by Crippen LogP contribution is -2.31. The third-order valence-electron chi connectivity index (χ3n) is 5.36. The molecule has 9 heteroatoms. The van der Waals surface area contributed by atoms with Gasteiger partial charge in [0, 0.05) is 34.6 Å². The number of hydrogen-bond acceptors (Lipinski definition) is 6. The maximum Gasteiger partial charge on any atom is 0.294 e. The van der Waals surface area contributed by atoms with E-state index in [0.717, 1.165) is 24.0 Å². The van der Waals surface area contributed by atoms with Crippen LogP contribution in [0.15, 0.2) is 56.3 Å². The van der Waals surface area contributed by atoms with Gasteiger partial charge < -0.3 is 8.94 Å². The predicted octanol–water partition coefficient (Wildman–Crippen LogP) is 5.92. The van der Waals surface area contributed by atoms with E-state index < -0.39 is 10.0 Å². The van der Waals surface area contributed by atoms with Crippen molar-refractivity contribution < 1.29 is 17.4 Å². The molecule has 0 bridgehead atoms. The summed E-state index contributed by atoms with van der Waals surface area (Å²) < 4.78 is 39.1. The van der Waals surface area contributed by atoms with Crippen LogP contribution in [0.3, 0.4) is 0 Å². The van der Waals surface area contributed by atoms with E-state index in [1.54, 1.807) is 30.3 Å². The minimum Gasteiger partial charge on any atom is -0.451 e. The Kier molecular flexibility index (Phi) is 6.37. The Labute approximate surface area is 192 Å². The Balaban J connectivity index is 1.71. The fourth-order valence-corrected chi connectivity index (χ4v) is 5.26. The Bertz CT molecular complexity index is 1360. The van der Waals surface area contributed by atoms with Crippen LogP contribution < -0.4 is 0 Å². The first kappa shape index (κ1) is 22.5. The van der Waals surface area contributed by atoms with Gasteiger partial charge in [-0.15, -0.1) is 0 Å².